The average molecular weight is 585 g/mol. The number of hydrogen-bond donors (Lipinski definition) is 2. The van der Waals surface area contributed by atoms with Gasteiger partial charge in [0.1, 0.15) is 24.7 Å². The molecule has 0 spiro atoms. The van der Waals surface area contributed by atoms with Gasteiger partial charge in [0, 0.05) is 12.0 Å². The molecule has 0 aliphatic heterocycles. The summed E-state index contributed by atoms with van der Waals surface area (Å²) < 4.78 is 12.0. The van der Waals surface area contributed by atoms with Gasteiger partial charge in [-0.3, -0.25) is 24.3 Å². The van der Waals surface area contributed by atoms with E-state index in [1.807, 2.05) is 24.3 Å². The van der Waals surface area contributed by atoms with Gasteiger partial charge in [0.15, 0.2) is 0 Å². The van der Waals surface area contributed by atoms with Crippen molar-refractivity contribution in [2.75, 3.05) is 5.32 Å². The van der Waals surface area contributed by atoms with E-state index in [1.54, 1.807) is 50.2 Å². The SMILES string of the molecule is CC(C)C(NC(=O)Cn1c(-c2ccccc2)ncc(NC(=O)OCc2ccccc2)c1=O)C(=O)c1nnc(CC2CC2)o1. The minimum atomic E-state index is -0.972. The quantitative estimate of drug-likeness (QED) is 0.235. The van der Waals surface area contributed by atoms with Gasteiger partial charge in [-0.25, -0.2) is 9.78 Å². The number of ketones is 1. The number of benzene rings is 2. The van der Waals surface area contributed by atoms with E-state index in [0.29, 0.717) is 23.8 Å². The Kier molecular flexibility index (Phi) is 9.04. The average Bonchev–Trinajstić information content (AvgIpc) is 3.71. The first-order valence-electron chi connectivity index (χ1n) is 14.1. The van der Waals surface area contributed by atoms with E-state index in [2.05, 4.69) is 25.8 Å². The van der Waals surface area contributed by atoms with Gasteiger partial charge in [0.25, 0.3) is 11.4 Å². The molecule has 12 heteroatoms. The summed E-state index contributed by atoms with van der Waals surface area (Å²) in [4.78, 5) is 57.0. The Labute approximate surface area is 247 Å². The second-order valence-corrected chi connectivity index (χ2v) is 10.7. The first-order valence-corrected chi connectivity index (χ1v) is 14.1. The molecule has 1 aliphatic rings. The summed E-state index contributed by atoms with van der Waals surface area (Å²) in [5.74, 6) is -0.497. The number of nitrogens with one attached hydrogen (secondary N) is 2. The fourth-order valence-electron chi connectivity index (χ4n) is 4.45. The number of carbonyl (C=O) groups is 3. The summed E-state index contributed by atoms with van der Waals surface area (Å²) in [6.45, 7) is 3.08. The number of ether oxygens (including phenoxy) is 1. The summed E-state index contributed by atoms with van der Waals surface area (Å²) >= 11 is 0. The molecule has 1 unspecified atom stereocenters. The van der Waals surface area contributed by atoms with Gasteiger partial charge in [-0.2, -0.15) is 0 Å². The number of Topliss-reactive ketones (excluding diaryl/α,β-unsaturated/α-hetero) is 1. The molecule has 0 radical (unpaired) electrons. The van der Waals surface area contributed by atoms with E-state index in [1.165, 1.54) is 6.20 Å². The van der Waals surface area contributed by atoms with Crippen LogP contribution in [0.25, 0.3) is 11.4 Å². The molecular weight excluding hydrogens is 552 g/mol. The maximum atomic E-state index is 13.6. The molecule has 2 heterocycles. The topological polar surface area (TPSA) is 158 Å². The molecular formula is C31H32N6O6. The fourth-order valence-corrected chi connectivity index (χ4v) is 4.45. The Morgan fingerprint density at radius 1 is 1.02 bits per heavy atom. The molecule has 4 aromatic rings. The Bertz CT molecular complexity index is 1650. The van der Waals surface area contributed by atoms with Crippen LogP contribution < -0.4 is 16.2 Å². The predicted molar refractivity (Wildman–Crippen MR) is 156 cm³/mol. The lowest BCUT2D eigenvalue weighted by Gasteiger charge is -2.20. The van der Waals surface area contributed by atoms with E-state index in [9.17, 15) is 19.2 Å². The van der Waals surface area contributed by atoms with Gasteiger partial charge in [-0.15, -0.1) is 10.2 Å². The normalized spacial score (nSPS) is 13.4. The summed E-state index contributed by atoms with van der Waals surface area (Å²) in [7, 11) is 0. The van der Waals surface area contributed by atoms with Crippen molar-refractivity contribution in [1.82, 2.24) is 25.1 Å². The third kappa shape index (κ3) is 7.59. The molecule has 2 amide bonds. The van der Waals surface area contributed by atoms with Crippen molar-refractivity contribution < 1.29 is 23.5 Å². The van der Waals surface area contributed by atoms with Gasteiger partial charge in [0.05, 0.1) is 12.2 Å². The maximum Gasteiger partial charge on any atom is 0.412 e. The van der Waals surface area contributed by atoms with Crippen molar-refractivity contribution in [3.05, 3.63) is 94.6 Å². The first kappa shape index (κ1) is 29.4. The van der Waals surface area contributed by atoms with Gasteiger partial charge < -0.3 is 14.5 Å². The molecule has 12 nitrogen and oxygen atoms in total. The highest BCUT2D eigenvalue weighted by atomic mass is 16.5. The monoisotopic (exact) mass is 584 g/mol. The number of anilines is 1. The van der Waals surface area contributed by atoms with Crippen LogP contribution >= 0.6 is 0 Å². The van der Waals surface area contributed by atoms with E-state index < -0.39 is 35.9 Å². The highest BCUT2D eigenvalue weighted by Crippen LogP contribution is 2.32. The third-order valence-electron chi connectivity index (χ3n) is 6.93. The third-order valence-corrected chi connectivity index (χ3v) is 6.93. The van der Waals surface area contributed by atoms with Crippen molar-refractivity contribution in [2.45, 2.75) is 52.3 Å². The molecule has 43 heavy (non-hydrogen) atoms. The zero-order valence-electron chi connectivity index (χ0n) is 23.9. The highest BCUT2D eigenvalue weighted by Gasteiger charge is 2.31. The van der Waals surface area contributed by atoms with Crippen molar-refractivity contribution in [1.29, 1.82) is 0 Å². The molecule has 2 aromatic carbocycles. The van der Waals surface area contributed by atoms with Crippen LogP contribution in [0.2, 0.25) is 0 Å². The number of hydrogen-bond acceptors (Lipinski definition) is 9. The Hall–Kier alpha value is -5.13. The minimum absolute atomic E-state index is 0.00549. The number of carbonyl (C=O) groups excluding carboxylic acids is 3. The molecule has 0 saturated heterocycles. The second-order valence-electron chi connectivity index (χ2n) is 10.7. The van der Waals surface area contributed by atoms with Crippen LogP contribution in [0.5, 0.6) is 0 Å². The van der Waals surface area contributed by atoms with E-state index >= 15 is 0 Å². The van der Waals surface area contributed by atoms with Crippen molar-refractivity contribution >= 4 is 23.5 Å². The zero-order chi connectivity index (χ0) is 30.3. The van der Waals surface area contributed by atoms with Crippen molar-refractivity contribution in [3.63, 3.8) is 0 Å². The Morgan fingerprint density at radius 3 is 2.40 bits per heavy atom. The highest BCUT2D eigenvalue weighted by molar-refractivity contribution is 5.98. The summed E-state index contributed by atoms with van der Waals surface area (Å²) in [5, 5.41) is 13.0. The Balaban J connectivity index is 1.34. The van der Waals surface area contributed by atoms with Crippen LogP contribution in [0.1, 0.15) is 48.8 Å². The molecule has 0 bridgehead atoms. The molecule has 1 saturated carbocycles. The number of rotatable bonds is 12. The van der Waals surface area contributed by atoms with E-state index in [4.69, 9.17) is 9.15 Å². The Morgan fingerprint density at radius 2 is 1.72 bits per heavy atom. The first-order chi connectivity index (χ1) is 20.8. The summed E-state index contributed by atoms with van der Waals surface area (Å²) in [5.41, 5.74) is 0.514. The van der Waals surface area contributed by atoms with Crippen LogP contribution in [0.3, 0.4) is 0 Å². The number of amides is 2. The van der Waals surface area contributed by atoms with Gasteiger partial charge in [-0.1, -0.05) is 74.5 Å². The standard InChI is InChI=1S/C31H32N6O6/c1-19(2)26(27(39)29-36-35-25(43-29)15-20-13-14-20)34-24(38)17-37-28(22-11-7-4-8-12-22)32-16-23(30(37)40)33-31(41)42-18-21-9-5-3-6-10-21/h3-12,16,19-20,26H,13-15,17-18H2,1-2H3,(H,33,41)(H,34,38). The molecule has 222 valence electrons. The molecule has 1 atom stereocenters. The molecule has 5 rings (SSSR count). The lowest BCUT2D eigenvalue weighted by molar-refractivity contribution is -0.122. The molecule has 1 aliphatic carbocycles. The van der Waals surface area contributed by atoms with Crippen LogP contribution in [0.4, 0.5) is 10.5 Å². The largest absolute Gasteiger partial charge is 0.444 e. The van der Waals surface area contributed by atoms with Crippen LogP contribution in [-0.4, -0.2) is 43.6 Å². The van der Waals surface area contributed by atoms with Crippen LogP contribution in [0, 0.1) is 11.8 Å². The van der Waals surface area contributed by atoms with Gasteiger partial charge in [0.2, 0.25) is 17.6 Å². The maximum absolute atomic E-state index is 13.6. The van der Waals surface area contributed by atoms with E-state index in [-0.39, 0.29) is 29.9 Å². The van der Waals surface area contributed by atoms with Gasteiger partial charge in [-0.05, 0) is 30.2 Å². The van der Waals surface area contributed by atoms with Gasteiger partial charge >= 0.3 is 6.09 Å². The lowest BCUT2D eigenvalue weighted by Crippen LogP contribution is -2.46. The molecule has 2 N–H and O–H groups in total. The van der Waals surface area contributed by atoms with Crippen LogP contribution in [0.15, 0.2) is 76.1 Å². The molecule has 1 fully saturated rings. The molecule has 2 aromatic heterocycles. The second kappa shape index (κ2) is 13.2. The lowest BCUT2D eigenvalue weighted by atomic mass is 9.99. The van der Waals surface area contributed by atoms with E-state index in [0.717, 1.165) is 23.0 Å². The summed E-state index contributed by atoms with van der Waals surface area (Å²) in [6.07, 6.45) is 3.19. The predicted octanol–water partition coefficient (Wildman–Crippen LogP) is 4.02. The minimum Gasteiger partial charge on any atom is -0.444 e. The van der Waals surface area contributed by atoms with Crippen LogP contribution in [-0.2, 0) is 29.1 Å². The van der Waals surface area contributed by atoms with Crippen molar-refractivity contribution in [2.24, 2.45) is 11.8 Å². The zero-order valence-corrected chi connectivity index (χ0v) is 23.9. The fraction of sp³-hybridized carbons (Fsp3) is 0.323. The number of nitrogens with zero attached hydrogens (tertiary/aromatic N) is 4. The summed E-state index contributed by atoms with van der Waals surface area (Å²) in [6, 6.07) is 17.0. The van der Waals surface area contributed by atoms with Crippen molar-refractivity contribution in [3.8, 4) is 11.4 Å². The smallest absolute Gasteiger partial charge is 0.412 e. The number of aromatic nitrogens is 4.